The van der Waals surface area contributed by atoms with E-state index in [9.17, 15) is 9.18 Å². The highest BCUT2D eigenvalue weighted by molar-refractivity contribution is 7.13. The third kappa shape index (κ3) is 4.35. The Morgan fingerprint density at radius 2 is 2.15 bits per heavy atom. The van der Waals surface area contributed by atoms with Gasteiger partial charge in [0.2, 0.25) is 5.82 Å². The normalized spacial score (nSPS) is 16.1. The third-order valence-electron chi connectivity index (χ3n) is 4.29. The monoisotopic (exact) mass is 407 g/mol. The molecule has 1 unspecified atom stereocenters. The molecule has 1 amide bonds. The maximum absolute atomic E-state index is 13.2. The van der Waals surface area contributed by atoms with Gasteiger partial charge in [-0.15, -0.1) is 28.8 Å². The van der Waals surface area contributed by atoms with Gasteiger partial charge in [-0.1, -0.05) is 6.07 Å². The molecular weight excluding hydrogens is 389 g/mol. The molecule has 9 heteroatoms. The number of amides is 1. The van der Waals surface area contributed by atoms with Crippen molar-refractivity contribution in [1.82, 2.24) is 25.4 Å². The third-order valence-corrected chi connectivity index (χ3v) is 5.16. The molecule has 0 spiro atoms. The summed E-state index contributed by atoms with van der Waals surface area (Å²) in [5.74, 6) is 0.0393. The second-order valence-electron chi connectivity index (χ2n) is 6.13. The molecule has 2 aromatic heterocycles. The van der Waals surface area contributed by atoms with Crippen molar-refractivity contribution in [1.29, 1.82) is 0 Å². The molecule has 6 nitrogen and oxygen atoms in total. The minimum absolute atomic E-state index is 0. The van der Waals surface area contributed by atoms with Gasteiger partial charge in [0.15, 0.2) is 5.82 Å². The number of nitrogens with zero attached hydrogens (tertiary/aromatic N) is 3. The number of hydrogen-bond acceptors (Lipinski definition) is 5. The van der Waals surface area contributed by atoms with Crippen molar-refractivity contribution < 1.29 is 9.18 Å². The van der Waals surface area contributed by atoms with Crippen LogP contribution >= 0.6 is 23.7 Å². The number of halogens is 2. The van der Waals surface area contributed by atoms with Gasteiger partial charge in [0, 0.05) is 12.6 Å². The summed E-state index contributed by atoms with van der Waals surface area (Å²) in [5, 5.41) is 12.5. The lowest BCUT2D eigenvalue weighted by atomic mass is 10.2. The summed E-state index contributed by atoms with van der Waals surface area (Å²) in [7, 11) is 0. The first kappa shape index (κ1) is 19.5. The van der Waals surface area contributed by atoms with Gasteiger partial charge >= 0.3 is 0 Å². The maximum atomic E-state index is 13.2. The number of carbonyl (C=O) groups is 1. The van der Waals surface area contributed by atoms with Crippen molar-refractivity contribution in [3.05, 3.63) is 53.4 Å². The summed E-state index contributed by atoms with van der Waals surface area (Å²) in [6.07, 6.45) is 2.18. The second kappa shape index (κ2) is 8.60. The Kier molecular flexibility index (Phi) is 6.20. The molecule has 3 aromatic rings. The highest BCUT2D eigenvalue weighted by Crippen LogP contribution is 2.25. The lowest BCUT2D eigenvalue weighted by Gasteiger charge is -2.09. The zero-order valence-electron chi connectivity index (χ0n) is 14.4. The lowest BCUT2D eigenvalue weighted by molar-refractivity contribution is 0.0940. The molecule has 142 valence electrons. The molecule has 0 aliphatic carbocycles. The fourth-order valence-corrected chi connectivity index (χ4v) is 3.66. The van der Waals surface area contributed by atoms with Gasteiger partial charge in [0.05, 0.1) is 10.6 Å². The van der Waals surface area contributed by atoms with Gasteiger partial charge in [-0.3, -0.25) is 4.79 Å². The molecule has 3 heterocycles. The van der Waals surface area contributed by atoms with E-state index in [-0.39, 0.29) is 30.0 Å². The number of nitrogens with one attached hydrogen (secondary N) is 2. The van der Waals surface area contributed by atoms with Crippen LogP contribution in [0.4, 0.5) is 4.39 Å². The van der Waals surface area contributed by atoms with Crippen molar-refractivity contribution in [3.63, 3.8) is 0 Å². The highest BCUT2D eigenvalue weighted by Gasteiger charge is 2.21. The van der Waals surface area contributed by atoms with Crippen LogP contribution in [0.2, 0.25) is 0 Å². The zero-order valence-corrected chi connectivity index (χ0v) is 16.0. The number of benzene rings is 1. The number of hydrogen-bond donors (Lipinski definition) is 2. The SMILES string of the molecule is Cl.O=C(NCC1CCCN1)c1nc(-c2cccs2)n(-c2ccc(F)cc2)n1. The minimum Gasteiger partial charge on any atom is -0.348 e. The van der Waals surface area contributed by atoms with Crippen molar-refractivity contribution in [3.8, 4) is 16.4 Å². The molecule has 1 aliphatic heterocycles. The zero-order chi connectivity index (χ0) is 17.9. The van der Waals surface area contributed by atoms with Crippen LogP contribution in [0.15, 0.2) is 41.8 Å². The van der Waals surface area contributed by atoms with E-state index in [2.05, 4.69) is 20.7 Å². The van der Waals surface area contributed by atoms with Crippen LogP contribution in [0.25, 0.3) is 16.4 Å². The Morgan fingerprint density at radius 1 is 1.33 bits per heavy atom. The maximum Gasteiger partial charge on any atom is 0.291 e. The average molecular weight is 408 g/mol. The predicted molar refractivity (Wildman–Crippen MR) is 105 cm³/mol. The second-order valence-corrected chi connectivity index (χ2v) is 7.08. The summed E-state index contributed by atoms with van der Waals surface area (Å²) in [6, 6.07) is 10.1. The Balaban J connectivity index is 0.00000210. The Morgan fingerprint density at radius 3 is 2.81 bits per heavy atom. The van der Waals surface area contributed by atoms with Gasteiger partial charge in [0.1, 0.15) is 5.82 Å². The summed E-state index contributed by atoms with van der Waals surface area (Å²) in [6.45, 7) is 1.54. The molecule has 1 atom stereocenters. The summed E-state index contributed by atoms with van der Waals surface area (Å²) < 4.78 is 14.8. The van der Waals surface area contributed by atoms with Crippen LogP contribution < -0.4 is 10.6 Å². The number of rotatable bonds is 5. The summed E-state index contributed by atoms with van der Waals surface area (Å²) in [5.41, 5.74) is 0.652. The van der Waals surface area contributed by atoms with Crippen molar-refractivity contribution in [2.75, 3.05) is 13.1 Å². The van der Waals surface area contributed by atoms with E-state index in [1.54, 1.807) is 16.8 Å². The van der Waals surface area contributed by atoms with Crippen LogP contribution in [0.3, 0.4) is 0 Å². The lowest BCUT2D eigenvalue weighted by Crippen LogP contribution is -2.37. The largest absolute Gasteiger partial charge is 0.348 e. The van der Waals surface area contributed by atoms with Crippen LogP contribution in [0.5, 0.6) is 0 Å². The number of aromatic nitrogens is 3. The van der Waals surface area contributed by atoms with Gasteiger partial charge in [-0.05, 0) is 55.1 Å². The van der Waals surface area contributed by atoms with E-state index in [4.69, 9.17) is 0 Å². The Hall–Kier alpha value is -2.29. The molecule has 4 rings (SSSR count). The number of carbonyl (C=O) groups excluding carboxylic acids is 1. The van der Waals surface area contributed by atoms with Crippen molar-refractivity contribution in [2.24, 2.45) is 0 Å². The molecule has 1 aromatic carbocycles. The highest BCUT2D eigenvalue weighted by atomic mass is 35.5. The average Bonchev–Trinajstić information content (AvgIpc) is 3.41. The quantitative estimate of drug-likeness (QED) is 0.682. The van der Waals surface area contributed by atoms with Crippen LogP contribution in [-0.2, 0) is 0 Å². The van der Waals surface area contributed by atoms with E-state index in [0.717, 1.165) is 24.3 Å². The minimum atomic E-state index is -0.325. The first-order valence-electron chi connectivity index (χ1n) is 8.49. The first-order chi connectivity index (χ1) is 12.7. The van der Waals surface area contributed by atoms with Gasteiger partial charge in [-0.25, -0.2) is 14.1 Å². The molecular formula is C18H19ClFN5OS. The van der Waals surface area contributed by atoms with E-state index < -0.39 is 0 Å². The molecule has 0 radical (unpaired) electrons. The molecule has 0 bridgehead atoms. The van der Waals surface area contributed by atoms with Gasteiger partial charge < -0.3 is 10.6 Å². The van der Waals surface area contributed by atoms with E-state index in [1.165, 1.54) is 23.5 Å². The van der Waals surface area contributed by atoms with Crippen LogP contribution in [0, 0.1) is 5.82 Å². The fourth-order valence-electron chi connectivity index (χ4n) is 2.96. The van der Waals surface area contributed by atoms with Crippen molar-refractivity contribution >= 4 is 29.7 Å². The van der Waals surface area contributed by atoms with Crippen LogP contribution in [0.1, 0.15) is 23.5 Å². The van der Waals surface area contributed by atoms with Gasteiger partial charge in [-0.2, -0.15) is 0 Å². The molecule has 0 saturated carbocycles. The molecule has 1 fully saturated rings. The Labute approximate surface area is 166 Å². The predicted octanol–water partition coefficient (Wildman–Crippen LogP) is 3.04. The van der Waals surface area contributed by atoms with E-state index in [0.29, 0.717) is 24.1 Å². The summed E-state index contributed by atoms with van der Waals surface area (Å²) >= 11 is 1.51. The smallest absolute Gasteiger partial charge is 0.291 e. The fraction of sp³-hybridized carbons (Fsp3) is 0.278. The topological polar surface area (TPSA) is 71.8 Å². The molecule has 1 saturated heterocycles. The molecule has 1 aliphatic rings. The van der Waals surface area contributed by atoms with E-state index in [1.807, 2.05) is 17.5 Å². The first-order valence-corrected chi connectivity index (χ1v) is 9.37. The standard InChI is InChI=1S/C18H18FN5OS.ClH/c19-12-5-7-14(8-6-12)24-17(15-4-2-10-26-15)22-16(23-24)18(25)21-11-13-3-1-9-20-13;/h2,4-8,10,13,20H,1,3,9,11H2,(H,21,25);1H. The van der Waals surface area contributed by atoms with Crippen LogP contribution in [-0.4, -0.2) is 39.8 Å². The number of thiophene rings is 1. The van der Waals surface area contributed by atoms with Gasteiger partial charge in [0.25, 0.3) is 5.91 Å². The Bertz CT molecular complexity index is 891. The molecule has 2 N–H and O–H groups in total. The summed E-state index contributed by atoms with van der Waals surface area (Å²) in [4.78, 5) is 17.8. The van der Waals surface area contributed by atoms with Crippen molar-refractivity contribution in [2.45, 2.75) is 18.9 Å². The van der Waals surface area contributed by atoms with E-state index >= 15 is 0 Å². The molecule has 27 heavy (non-hydrogen) atoms.